The molecular formula is C23H36N4O4. The Hall–Kier alpha value is -2.32. The number of nitrogens with zero attached hydrogens (tertiary/aromatic N) is 2. The number of urea groups is 1. The predicted octanol–water partition coefficient (Wildman–Crippen LogP) is 2.41. The molecule has 2 fully saturated rings. The van der Waals surface area contributed by atoms with Crippen molar-refractivity contribution in [3.63, 3.8) is 0 Å². The number of ether oxygens (including phenoxy) is 2. The first-order valence-electron chi connectivity index (χ1n) is 11.4. The van der Waals surface area contributed by atoms with Gasteiger partial charge < -0.3 is 25.0 Å². The van der Waals surface area contributed by atoms with Gasteiger partial charge in [0, 0.05) is 57.4 Å². The summed E-state index contributed by atoms with van der Waals surface area (Å²) in [6, 6.07) is 7.27. The van der Waals surface area contributed by atoms with Crippen LogP contribution in [0.2, 0.25) is 0 Å². The molecule has 2 N–H and O–H groups in total. The van der Waals surface area contributed by atoms with Crippen LogP contribution in [0.5, 0.6) is 5.75 Å². The summed E-state index contributed by atoms with van der Waals surface area (Å²) in [4.78, 5) is 29.4. The summed E-state index contributed by atoms with van der Waals surface area (Å²) >= 11 is 0. The van der Waals surface area contributed by atoms with Gasteiger partial charge in [-0.3, -0.25) is 9.69 Å². The lowest BCUT2D eigenvalue weighted by Crippen LogP contribution is -2.46. The molecule has 0 unspecified atom stereocenters. The number of amides is 3. The SMILES string of the molecule is CC[C@@H]1CN(C(=O)Nc2cccc(OC)c2)CC[C@H]1CC(=O)NCCN1CCOCC1. The van der Waals surface area contributed by atoms with Crippen LogP contribution in [0, 0.1) is 11.8 Å². The highest BCUT2D eigenvalue weighted by Crippen LogP contribution is 2.29. The first-order chi connectivity index (χ1) is 15.1. The van der Waals surface area contributed by atoms with Gasteiger partial charge in [-0.2, -0.15) is 0 Å². The summed E-state index contributed by atoms with van der Waals surface area (Å²) in [5.41, 5.74) is 0.721. The van der Waals surface area contributed by atoms with E-state index in [1.54, 1.807) is 7.11 Å². The molecule has 172 valence electrons. The van der Waals surface area contributed by atoms with E-state index < -0.39 is 0 Å². The molecule has 0 spiro atoms. The minimum atomic E-state index is -0.0971. The number of hydrogen-bond donors (Lipinski definition) is 2. The van der Waals surface area contributed by atoms with E-state index in [1.165, 1.54) is 0 Å². The molecule has 1 aromatic rings. The molecule has 2 aliphatic rings. The second kappa shape index (κ2) is 11.9. The van der Waals surface area contributed by atoms with Crippen molar-refractivity contribution in [3.05, 3.63) is 24.3 Å². The van der Waals surface area contributed by atoms with Crippen molar-refractivity contribution >= 4 is 17.6 Å². The van der Waals surface area contributed by atoms with Gasteiger partial charge in [0.1, 0.15) is 5.75 Å². The van der Waals surface area contributed by atoms with E-state index in [0.29, 0.717) is 43.6 Å². The third-order valence-electron chi connectivity index (χ3n) is 6.33. The molecule has 31 heavy (non-hydrogen) atoms. The van der Waals surface area contributed by atoms with Gasteiger partial charge in [0.15, 0.2) is 0 Å². The number of carbonyl (C=O) groups excluding carboxylic acids is 2. The van der Waals surface area contributed by atoms with Crippen LogP contribution in [0.3, 0.4) is 0 Å². The third-order valence-corrected chi connectivity index (χ3v) is 6.33. The quantitative estimate of drug-likeness (QED) is 0.659. The highest BCUT2D eigenvalue weighted by Gasteiger charge is 2.31. The fraction of sp³-hybridized carbons (Fsp3) is 0.652. The standard InChI is InChI=1S/C23H36N4O4/c1-3-18-17-27(23(29)25-20-5-4-6-21(16-20)30-2)9-7-19(18)15-22(28)24-8-10-26-11-13-31-14-12-26/h4-6,16,18-19H,3,7-15,17H2,1-2H3,(H,24,28)(H,25,29)/t18-,19+/m1/s1. The summed E-state index contributed by atoms with van der Waals surface area (Å²) in [5, 5.41) is 6.03. The van der Waals surface area contributed by atoms with Crippen LogP contribution in [0.4, 0.5) is 10.5 Å². The zero-order valence-electron chi connectivity index (χ0n) is 18.8. The number of morpholine rings is 1. The van der Waals surface area contributed by atoms with E-state index in [4.69, 9.17) is 9.47 Å². The van der Waals surface area contributed by atoms with Gasteiger partial charge in [-0.05, 0) is 30.4 Å². The molecule has 2 aliphatic heterocycles. The summed E-state index contributed by atoms with van der Waals surface area (Å²) < 4.78 is 10.6. The zero-order chi connectivity index (χ0) is 22.1. The number of nitrogens with one attached hydrogen (secondary N) is 2. The monoisotopic (exact) mass is 432 g/mol. The fourth-order valence-electron chi connectivity index (χ4n) is 4.39. The van der Waals surface area contributed by atoms with Crippen molar-refractivity contribution in [1.82, 2.24) is 15.1 Å². The van der Waals surface area contributed by atoms with Gasteiger partial charge in [-0.1, -0.05) is 19.4 Å². The average Bonchev–Trinajstić information content (AvgIpc) is 2.80. The van der Waals surface area contributed by atoms with Crippen LogP contribution in [0.1, 0.15) is 26.2 Å². The molecule has 3 rings (SSSR count). The normalized spacial score (nSPS) is 22.1. The highest BCUT2D eigenvalue weighted by atomic mass is 16.5. The number of methoxy groups -OCH3 is 1. The minimum absolute atomic E-state index is 0.0971. The molecule has 0 bridgehead atoms. The molecule has 0 radical (unpaired) electrons. The third kappa shape index (κ3) is 7.11. The van der Waals surface area contributed by atoms with Gasteiger partial charge >= 0.3 is 6.03 Å². The largest absolute Gasteiger partial charge is 0.497 e. The maximum absolute atomic E-state index is 12.7. The molecule has 2 atom stereocenters. The van der Waals surface area contributed by atoms with Crippen LogP contribution in [-0.2, 0) is 9.53 Å². The lowest BCUT2D eigenvalue weighted by atomic mass is 9.81. The molecule has 1 aromatic carbocycles. The number of benzene rings is 1. The minimum Gasteiger partial charge on any atom is -0.497 e. The van der Waals surface area contributed by atoms with Gasteiger partial charge in [0.25, 0.3) is 0 Å². The number of likely N-dealkylation sites (tertiary alicyclic amines) is 1. The molecule has 3 amide bonds. The number of carbonyl (C=O) groups is 2. The lowest BCUT2D eigenvalue weighted by molar-refractivity contribution is -0.122. The number of anilines is 1. The number of rotatable bonds is 8. The van der Waals surface area contributed by atoms with E-state index in [2.05, 4.69) is 22.5 Å². The summed E-state index contributed by atoms with van der Waals surface area (Å²) in [6.45, 7) is 8.44. The Kier molecular flexibility index (Phi) is 8.97. The van der Waals surface area contributed by atoms with Crippen molar-refractivity contribution in [3.8, 4) is 5.75 Å². The highest BCUT2D eigenvalue weighted by molar-refractivity contribution is 5.89. The van der Waals surface area contributed by atoms with Crippen LogP contribution < -0.4 is 15.4 Å². The molecule has 0 aromatic heterocycles. The maximum Gasteiger partial charge on any atom is 0.321 e. The van der Waals surface area contributed by atoms with Crippen LogP contribution in [-0.4, -0.2) is 81.3 Å². The molecule has 8 nitrogen and oxygen atoms in total. The Morgan fingerprint density at radius 1 is 1.19 bits per heavy atom. The van der Waals surface area contributed by atoms with Crippen LogP contribution in [0.25, 0.3) is 0 Å². The molecule has 0 saturated carbocycles. The van der Waals surface area contributed by atoms with E-state index in [-0.39, 0.29) is 11.9 Å². The lowest BCUT2D eigenvalue weighted by Gasteiger charge is -2.38. The average molecular weight is 433 g/mol. The molecule has 2 saturated heterocycles. The van der Waals surface area contributed by atoms with E-state index in [9.17, 15) is 9.59 Å². The maximum atomic E-state index is 12.7. The smallest absolute Gasteiger partial charge is 0.321 e. The number of piperidine rings is 1. The topological polar surface area (TPSA) is 83.1 Å². The zero-order valence-corrected chi connectivity index (χ0v) is 18.8. The molecule has 2 heterocycles. The number of hydrogen-bond acceptors (Lipinski definition) is 5. The van der Waals surface area contributed by atoms with Gasteiger partial charge in [-0.25, -0.2) is 4.79 Å². The van der Waals surface area contributed by atoms with Crippen molar-refractivity contribution in [2.45, 2.75) is 26.2 Å². The van der Waals surface area contributed by atoms with Gasteiger partial charge in [-0.15, -0.1) is 0 Å². The van der Waals surface area contributed by atoms with E-state index in [1.807, 2.05) is 29.2 Å². The fourth-order valence-corrected chi connectivity index (χ4v) is 4.39. The molecule has 8 heteroatoms. The van der Waals surface area contributed by atoms with Crippen molar-refractivity contribution in [2.24, 2.45) is 11.8 Å². The van der Waals surface area contributed by atoms with Crippen LogP contribution >= 0.6 is 0 Å². The molecule has 0 aliphatic carbocycles. The van der Waals surface area contributed by atoms with E-state index in [0.717, 1.165) is 51.4 Å². The Bertz CT molecular complexity index is 723. The second-order valence-electron chi connectivity index (χ2n) is 8.33. The van der Waals surface area contributed by atoms with E-state index >= 15 is 0 Å². The predicted molar refractivity (Wildman–Crippen MR) is 120 cm³/mol. The second-order valence-corrected chi connectivity index (χ2v) is 8.33. The van der Waals surface area contributed by atoms with Gasteiger partial charge in [0.2, 0.25) is 5.91 Å². The van der Waals surface area contributed by atoms with Crippen molar-refractivity contribution < 1.29 is 19.1 Å². The summed E-state index contributed by atoms with van der Waals surface area (Å²) in [5.74, 6) is 1.47. The van der Waals surface area contributed by atoms with Crippen molar-refractivity contribution in [1.29, 1.82) is 0 Å². The first kappa shape index (κ1) is 23.3. The Labute approximate surface area is 185 Å². The Morgan fingerprint density at radius 3 is 2.74 bits per heavy atom. The Morgan fingerprint density at radius 2 is 2.00 bits per heavy atom. The summed E-state index contributed by atoms with van der Waals surface area (Å²) in [6.07, 6.45) is 2.34. The first-order valence-corrected chi connectivity index (χ1v) is 11.4. The molecular weight excluding hydrogens is 396 g/mol. The Balaban J connectivity index is 1.42. The van der Waals surface area contributed by atoms with Gasteiger partial charge in [0.05, 0.1) is 20.3 Å². The van der Waals surface area contributed by atoms with Crippen LogP contribution in [0.15, 0.2) is 24.3 Å². The summed E-state index contributed by atoms with van der Waals surface area (Å²) in [7, 11) is 1.61. The van der Waals surface area contributed by atoms with Crippen molar-refractivity contribution in [2.75, 3.05) is 64.9 Å².